The Morgan fingerprint density at radius 1 is 0.945 bits per heavy atom. The third-order valence-electron chi connectivity index (χ3n) is 10.3. The number of nitrogens with zero attached hydrogens (tertiary/aromatic N) is 4. The smallest absolute Gasteiger partial charge is 0.330 e. The van der Waals surface area contributed by atoms with Crippen molar-refractivity contribution in [2.45, 2.75) is 160 Å². The van der Waals surface area contributed by atoms with Gasteiger partial charge in [-0.25, -0.2) is 10.3 Å². The van der Waals surface area contributed by atoms with Crippen LogP contribution in [0.1, 0.15) is 164 Å². The van der Waals surface area contributed by atoms with Gasteiger partial charge in [-0.1, -0.05) is 122 Å². The molecule has 0 saturated carbocycles. The minimum Gasteiger partial charge on any atom is -0.495 e. The van der Waals surface area contributed by atoms with Crippen LogP contribution in [0.4, 0.5) is 0 Å². The zero-order valence-electron chi connectivity index (χ0n) is 33.5. The van der Waals surface area contributed by atoms with Gasteiger partial charge in [0.1, 0.15) is 30.0 Å². The zero-order valence-corrected chi connectivity index (χ0v) is 34.4. The van der Waals surface area contributed by atoms with Gasteiger partial charge in [-0.3, -0.25) is 4.68 Å². The van der Waals surface area contributed by atoms with Gasteiger partial charge in [0.05, 0.1) is 56.5 Å². The number of aromatic nitrogens is 1. The van der Waals surface area contributed by atoms with Crippen LogP contribution in [0.25, 0.3) is 0 Å². The summed E-state index contributed by atoms with van der Waals surface area (Å²) >= 11 is 0. The molecule has 4 unspecified atom stereocenters. The number of nitriles is 2. The fourth-order valence-electron chi connectivity index (χ4n) is 7.17. The molecule has 0 spiro atoms. The van der Waals surface area contributed by atoms with E-state index < -0.39 is 8.60 Å². The Bertz CT molecular complexity index is 1430. The molecule has 1 aromatic carbocycles. The summed E-state index contributed by atoms with van der Waals surface area (Å²) in [6.45, 7) is 7.04. The molecule has 0 radical (unpaired) electrons. The molecule has 0 aliphatic carbocycles. The molecule has 12 nitrogen and oxygen atoms in total. The number of aliphatic imine (C=N–C) groups is 1. The van der Waals surface area contributed by atoms with Gasteiger partial charge in [0, 0.05) is 6.57 Å². The lowest BCUT2D eigenvalue weighted by molar-refractivity contribution is -0.00976. The largest absolute Gasteiger partial charge is 0.495 e. The molecule has 0 amide bonds. The summed E-state index contributed by atoms with van der Waals surface area (Å²) < 4.78 is 31.4. The average Bonchev–Trinajstić information content (AvgIpc) is 3.87. The van der Waals surface area contributed by atoms with Crippen LogP contribution in [0.5, 0.6) is 5.75 Å². The van der Waals surface area contributed by atoms with E-state index in [1.807, 2.05) is 28.9 Å². The first-order valence-electron chi connectivity index (χ1n) is 20.6. The van der Waals surface area contributed by atoms with Gasteiger partial charge in [0.2, 0.25) is 0 Å². The maximum Gasteiger partial charge on any atom is 0.330 e. The maximum absolute atomic E-state index is 10.6. The number of nitrogens with two attached hydrogens (primary N) is 1. The number of hydrogen-bond acceptors (Lipinski definition) is 11. The van der Waals surface area contributed by atoms with Crippen LogP contribution in [0, 0.1) is 23.2 Å². The number of rotatable bonds is 29. The molecular weight excluding hydrogens is 715 g/mol. The molecule has 13 heteroatoms. The number of benzene rings is 1. The van der Waals surface area contributed by atoms with E-state index in [0.717, 1.165) is 49.1 Å². The lowest BCUT2D eigenvalue weighted by Crippen LogP contribution is -2.32. The second kappa shape index (κ2) is 28.2. The lowest BCUT2D eigenvalue weighted by atomic mass is 10.0. The lowest BCUT2D eigenvalue weighted by Gasteiger charge is -2.22. The first-order valence-corrected chi connectivity index (χ1v) is 21.8. The molecule has 3 heterocycles. The molecule has 1 fully saturated rings. The number of hydrogen-bond donors (Lipinski definition) is 3. The van der Waals surface area contributed by atoms with Crippen molar-refractivity contribution in [1.29, 1.82) is 10.5 Å². The topological polar surface area (TPSA) is 169 Å². The summed E-state index contributed by atoms with van der Waals surface area (Å²) in [6, 6.07) is 11.6. The van der Waals surface area contributed by atoms with E-state index in [0.29, 0.717) is 30.4 Å². The normalized spacial score (nSPS) is 17.3. The van der Waals surface area contributed by atoms with Crippen LogP contribution in [0.15, 0.2) is 35.3 Å². The van der Waals surface area contributed by atoms with Gasteiger partial charge in [0.15, 0.2) is 0 Å². The van der Waals surface area contributed by atoms with E-state index in [4.69, 9.17) is 34.3 Å². The molecule has 55 heavy (non-hydrogen) atoms. The fourth-order valence-corrected chi connectivity index (χ4v) is 7.83. The molecule has 2 aromatic rings. The third kappa shape index (κ3) is 17.2. The van der Waals surface area contributed by atoms with Crippen molar-refractivity contribution in [3.05, 3.63) is 52.8 Å². The summed E-state index contributed by atoms with van der Waals surface area (Å²) in [5, 5.41) is 15.8. The summed E-state index contributed by atoms with van der Waals surface area (Å²) in [5.74, 6) is 1.05. The Balaban J connectivity index is 0.00000399. The minimum atomic E-state index is -2.09. The van der Waals surface area contributed by atoms with Crippen LogP contribution in [0.2, 0.25) is 0 Å². The van der Waals surface area contributed by atoms with Gasteiger partial charge < -0.3 is 39.3 Å². The minimum absolute atomic E-state index is 0.0928. The monoisotopic (exact) mass is 782 g/mol. The Morgan fingerprint density at radius 2 is 1.58 bits per heavy atom. The van der Waals surface area contributed by atoms with E-state index in [2.05, 4.69) is 30.0 Å². The molecular formula is C42H67N6O6P. The Labute approximate surface area is 331 Å². The van der Waals surface area contributed by atoms with Crippen molar-refractivity contribution >= 4 is 14.4 Å². The zero-order chi connectivity index (χ0) is 39.5. The van der Waals surface area contributed by atoms with Gasteiger partial charge in [-0.15, -0.1) is 0 Å². The molecule has 2 aliphatic rings. The number of unbranched alkanes of at least 4 members (excludes halogenated alkanes) is 16. The number of nitrogens with one attached hydrogen (secondary N) is 1. The third-order valence-corrected chi connectivity index (χ3v) is 11.1. The van der Waals surface area contributed by atoms with Crippen molar-refractivity contribution < 1.29 is 28.2 Å². The van der Waals surface area contributed by atoms with Gasteiger partial charge in [-0.05, 0) is 49.1 Å². The maximum atomic E-state index is 10.6. The quantitative estimate of drug-likeness (QED) is 0.0533. The SMILES string of the molecule is C#N.CCCCCCCCCCCCCCCCCCCC(COP(O)OCC1CCC(c2ccc3n2NCN=C3N)O1)OCc1ccc(C#N)c(OC)c1. The number of methoxy groups -OCH3 is 1. The van der Waals surface area contributed by atoms with Gasteiger partial charge in [0.25, 0.3) is 0 Å². The average molecular weight is 783 g/mol. The molecule has 306 valence electrons. The van der Waals surface area contributed by atoms with E-state index in [1.165, 1.54) is 96.3 Å². The number of fused-ring (bicyclic) bond motifs is 1. The highest BCUT2D eigenvalue weighted by molar-refractivity contribution is 7.40. The molecule has 1 saturated heterocycles. The highest BCUT2D eigenvalue weighted by Crippen LogP contribution is 2.38. The van der Waals surface area contributed by atoms with Crippen LogP contribution < -0.4 is 15.9 Å². The Hall–Kier alpha value is -3.22. The van der Waals surface area contributed by atoms with Gasteiger partial charge in [-0.2, -0.15) is 5.26 Å². The molecule has 4 atom stereocenters. The first-order chi connectivity index (χ1) is 27.0. The second-order valence-corrected chi connectivity index (χ2v) is 15.5. The predicted molar refractivity (Wildman–Crippen MR) is 219 cm³/mol. The predicted octanol–water partition coefficient (Wildman–Crippen LogP) is 9.83. The Kier molecular flexibility index (Phi) is 23.7. The highest BCUT2D eigenvalue weighted by atomic mass is 31.2. The second-order valence-electron chi connectivity index (χ2n) is 14.5. The van der Waals surface area contributed by atoms with Crippen LogP contribution in [-0.4, -0.2) is 54.6 Å². The Morgan fingerprint density at radius 3 is 2.20 bits per heavy atom. The number of ether oxygens (including phenoxy) is 3. The van der Waals surface area contributed by atoms with E-state index >= 15 is 0 Å². The van der Waals surface area contributed by atoms with Crippen molar-refractivity contribution in [2.24, 2.45) is 10.7 Å². The van der Waals surface area contributed by atoms with Crippen molar-refractivity contribution in [2.75, 3.05) is 32.4 Å². The standard InChI is InChI=1S/C41H66N5O6P.CHN/c1-3-4-5-6-7-8-9-10-11-12-13-14-15-16-17-18-19-20-35(49-29-33-21-22-34(28-42)40(27-33)48-2)30-50-53(47)51-31-36-23-26-39(52-36)37-24-25-38-41(43)44-32-45-46(37)38;1-2/h21-22,24-25,27,35-36,39,45,47H,3-20,23,26,29-32H2,1-2H3,(H2,43,44);1H. The molecule has 1 aromatic heterocycles. The van der Waals surface area contributed by atoms with Crippen molar-refractivity contribution in [3.8, 4) is 18.4 Å². The molecule has 0 bridgehead atoms. The van der Waals surface area contributed by atoms with Crippen LogP contribution in [-0.2, 0) is 25.1 Å². The van der Waals surface area contributed by atoms with E-state index in [9.17, 15) is 10.2 Å². The van der Waals surface area contributed by atoms with E-state index in [1.54, 1.807) is 13.2 Å². The van der Waals surface area contributed by atoms with Crippen LogP contribution in [0.3, 0.4) is 0 Å². The first kappa shape index (κ1) is 46.2. The van der Waals surface area contributed by atoms with Crippen molar-refractivity contribution in [3.63, 3.8) is 0 Å². The summed E-state index contributed by atoms with van der Waals surface area (Å²) in [6.07, 6.45) is 24.7. The summed E-state index contributed by atoms with van der Waals surface area (Å²) in [7, 11) is -0.526. The summed E-state index contributed by atoms with van der Waals surface area (Å²) in [5.41, 5.74) is 12.5. The van der Waals surface area contributed by atoms with Crippen molar-refractivity contribution in [1.82, 2.24) is 4.68 Å². The molecule has 4 N–H and O–H groups in total. The van der Waals surface area contributed by atoms with Crippen LogP contribution >= 0.6 is 8.60 Å². The highest BCUT2D eigenvalue weighted by Gasteiger charge is 2.31. The molecule has 4 rings (SSSR count). The summed E-state index contributed by atoms with van der Waals surface area (Å²) in [4.78, 5) is 14.9. The molecule has 2 aliphatic heterocycles. The van der Waals surface area contributed by atoms with E-state index in [-0.39, 0.29) is 31.5 Å². The fraction of sp³-hybridized carbons (Fsp3) is 0.690. The number of amidine groups is 1. The van der Waals surface area contributed by atoms with Gasteiger partial charge >= 0.3 is 8.60 Å².